The van der Waals surface area contributed by atoms with E-state index in [4.69, 9.17) is 10.3 Å². The number of azide groups is 1. The van der Waals surface area contributed by atoms with Gasteiger partial charge >= 0.3 is 6.09 Å². The molecule has 110 valence electrons. The number of carbonyl (C=O) groups is 1. The molecule has 2 aromatic rings. The largest absolute Gasteiger partial charge is 0.444 e. The highest BCUT2D eigenvalue weighted by Crippen LogP contribution is 2.29. The summed E-state index contributed by atoms with van der Waals surface area (Å²) in [6.07, 6.45) is -0.543. The number of nitrogens with one attached hydrogen (secondary N) is 1. The fourth-order valence-corrected chi connectivity index (χ4v) is 2.58. The van der Waals surface area contributed by atoms with Crippen molar-refractivity contribution >= 4 is 32.8 Å². The third-order valence-corrected chi connectivity index (χ3v) is 3.35. The van der Waals surface area contributed by atoms with Crippen molar-refractivity contribution < 1.29 is 9.53 Å². The number of nitrogens with zero attached hydrogens (tertiary/aromatic N) is 4. The minimum absolute atomic E-state index is 0.226. The molecule has 0 spiro atoms. The van der Waals surface area contributed by atoms with Crippen molar-refractivity contribution in [1.29, 1.82) is 0 Å². The van der Waals surface area contributed by atoms with Gasteiger partial charge < -0.3 is 4.74 Å². The van der Waals surface area contributed by atoms with Gasteiger partial charge in [-0.05, 0) is 37.9 Å². The molecule has 1 heterocycles. The van der Waals surface area contributed by atoms with Gasteiger partial charge in [0.2, 0.25) is 0 Å². The first-order valence-electron chi connectivity index (χ1n) is 6.28. The molecule has 2 rings (SSSR count). The van der Waals surface area contributed by atoms with Crippen molar-refractivity contribution in [1.82, 2.24) is 4.98 Å². The van der Waals surface area contributed by atoms with Crippen molar-refractivity contribution in [2.75, 3.05) is 5.32 Å². The van der Waals surface area contributed by atoms with Gasteiger partial charge in [-0.15, -0.1) is 0 Å². The molecule has 7 nitrogen and oxygen atoms in total. The van der Waals surface area contributed by atoms with Gasteiger partial charge in [-0.1, -0.05) is 28.6 Å². The predicted octanol–water partition coefficient (Wildman–Crippen LogP) is 4.45. The molecule has 1 aromatic carbocycles. The van der Waals surface area contributed by atoms with Crippen LogP contribution in [-0.2, 0) is 11.3 Å². The summed E-state index contributed by atoms with van der Waals surface area (Å²) in [4.78, 5) is 18.8. The van der Waals surface area contributed by atoms with Crippen LogP contribution in [0.25, 0.3) is 20.7 Å². The Labute approximate surface area is 125 Å². The lowest BCUT2D eigenvalue weighted by atomic mass is 10.2. The maximum Gasteiger partial charge on any atom is 0.413 e. The van der Waals surface area contributed by atoms with Crippen molar-refractivity contribution in [2.24, 2.45) is 5.11 Å². The van der Waals surface area contributed by atoms with Gasteiger partial charge in [-0.2, -0.15) is 0 Å². The number of thiazole rings is 1. The van der Waals surface area contributed by atoms with Crippen molar-refractivity contribution in [3.8, 4) is 0 Å². The monoisotopic (exact) mass is 305 g/mol. The number of para-hydroxylation sites is 1. The number of carbonyl (C=O) groups excluding carboxylic acids is 1. The van der Waals surface area contributed by atoms with Gasteiger partial charge in [0.25, 0.3) is 0 Å². The molecule has 0 atom stereocenters. The third-order valence-electron chi connectivity index (χ3n) is 2.41. The Kier molecular flexibility index (Phi) is 4.30. The van der Waals surface area contributed by atoms with Crippen LogP contribution < -0.4 is 5.32 Å². The second-order valence-electron chi connectivity index (χ2n) is 5.30. The van der Waals surface area contributed by atoms with Gasteiger partial charge in [0.15, 0.2) is 5.13 Å². The lowest BCUT2D eigenvalue weighted by Gasteiger charge is -2.18. The van der Waals surface area contributed by atoms with Crippen molar-refractivity contribution in [3.63, 3.8) is 0 Å². The Bertz CT molecular complexity index is 713. The molecule has 1 N–H and O–H groups in total. The average molecular weight is 305 g/mol. The molecule has 0 aliphatic carbocycles. The minimum atomic E-state index is -0.562. The highest BCUT2D eigenvalue weighted by atomic mass is 32.1. The molecular formula is C13H15N5O2S. The normalized spacial score (nSPS) is 11.0. The predicted molar refractivity (Wildman–Crippen MR) is 82.3 cm³/mol. The van der Waals surface area contributed by atoms with Crippen LogP contribution in [0.15, 0.2) is 23.3 Å². The second-order valence-corrected chi connectivity index (χ2v) is 6.33. The molecule has 0 fully saturated rings. The Morgan fingerprint density at radius 3 is 2.95 bits per heavy atom. The highest BCUT2D eigenvalue weighted by Gasteiger charge is 2.17. The first kappa shape index (κ1) is 15.1. The molecule has 21 heavy (non-hydrogen) atoms. The zero-order valence-corrected chi connectivity index (χ0v) is 12.8. The summed E-state index contributed by atoms with van der Waals surface area (Å²) in [6, 6.07) is 5.60. The quantitative estimate of drug-likeness (QED) is 0.515. The zero-order chi connectivity index (χ0) is 15.5. The molecule has 0 unspecified atom stereocenters. The van der Waals surface area contributed by atoms with Gasteiger partial charge in [-0.25, -0.2) is 9.78 Å². The SMILES string of the molecule is CC(C)(C)OC(=O)Nc1nc2c(CN=[N+]=[N-])cccc2s1. The summed E-state index contributed by atoms with van der Waals surface area (Å²) in [5, 5.41) is 6.61. The number of ether oxygens (including phenoxy) is 1. The third kappa shape index (κ3) is 4.08. The smallest absolute Gasteiger partial charge is 0.413 e. The van der Waals surface area contributed by atoms with E-state index in [9.17, 15) is 4.79 Å². The Balaban J connectivity index is 2.23. The molecule has 0 saturated carbocycles. The van der Waals surface area contributed by atoms with Crippen LogP contribution in [0.1, 0.15) is 26.3 Å². The molecule has 1 amide bonds. The molecule has 0 saturated heterocycles. The standard InChI is InChI=1S/C13H15N5O2S/c1-13(2,3)20-12(19)17-11-16-10-8(7-15-18-14)5-4-6-9(10)21-11/h4-6H,7H2,1-3H3,(H,16,17,19). The van der Waals surface area contributed by atoms with E-state index in [0.717, 1.165) is 15.8 Å². The fourth-order valence-electron chi connectivity index (χ4n) is 1.69. The van der Waals surface area contributed by atoms with Crippen LogP contribution in [0.5, 0.6) is 0 Å². The van der Waals surface area contributed by atoms with Gasteiger partial charge in [0.1, 0.15) is 5.60 Å². The number of benzene rings is 1. The van der Waals surface area contributed by atoms with E-state index in [1.54, 1.807) is 20.8 Å². The van der Waals surface area contributed by atoms with Gasteiger partial charge in [0.05, 0.1) is 16.8 Å². The summed E-state index contributed by atoms with van der Waals surface area (Å²) < 4.78 is 6.09. The van der Waals surface area contributed by atoms with E-state index in [2.05, 4.69) is 20.3 Å². The van der Waals surface area contributed by atoms with Crippen LogP contribution in [0.3, 0.4) is 0 Å². The molecule has 1 aromatic heterocycles. The van der Waals surface area contributed by atoms with E-state index in [1.807, 2.05) is 18.2 Å². The van der Waals surface area contributed by atoms with E-state index >= 15 is 0 Å². The number of anilines is 1. The van der Waals surface area contributed by atoms with Gasteiger partial charge in [-0.3, -0.25) is 5.32 Å². The van der Waals surface area contributed by atoms with Crippen LogP contribution in [0, 0.1) is 0 Å². The Morgan fingerprint density at radius 2 is 2.29 bits per heavy atom. The lowest BCUT2D eigenvalue weighted by molar-refractivity contribution is 0.0636. The number of aromatic nitrogens is 1. The number of hydrogen-bond acceptors (Lipinski definition) is 5. The summed E-state index contributed by atoms with van der Waals surface area (Å²) in [6.45, 7) is 5.61. The average Bonchev–Trinajstić information content (AvgIpc) is 2.76. The summed E-state index contributed by atoms with van der Waals surface area (Å²) in [5.74, 6) is 0. The molecule has 0 aliphatic rings. The maximum atomic E-state index is 11.7. The molecule has 0 aliphatic heterocycles. The number of fused-ring (bicyclic) bond motifs is 1. The minimum Gasteiger partial charge on any atom is -0.444 e. The van der Waals surface area contributed by atoms with Crippen LogP contribution in [-0.4, -0.2) is 16.7 Å². The van der Waals surface area contributed by atoms with E-state index in [-0.39, 0.29) is 6.54 Å². The fraction of sp³-hybridized carbons (Fsp3) is 0.385. The summed E-state index contributed by atoms with van der Waals surface area (Å²) in [7, 11) is 0. The number of hydrogen-bond donors (Lipinski definition) is 1. The second kappa shape index (κ2) is 5.99. The first-order chi connectivity index (χ1) is 9.89. The topological polar surface area (TPSA) is 100.0 Å². The number of amides is 1. The van der Waals surface area contributed by atoms with Crippen molar-refractivity contribution in [2.45, 2.75) is 32.9 Å². The summed E-state index contributed by atoms with van der Waals surface area (Å²) >= 11 is 1.34. The first-order valence-corrected chi connectivity index (χ1v) is 7.10. The summed E-state index contributed by atoms with van der Waals surface area (Å²) in [5.41, 5.74) is 9.38. The molecular weight excluding hydrogens is 290 g/mol. The maximum absolute atomic E-state index is 11.7. The lowest BCUT2D eigenvalue weighted by Crippen LogP contribution is -2.27. The molecule has 0 bridgehead atoms. The van der Waals surface area contributed by atoms with E-state index in [1.165, 1.54) is 11.3 Å². The number of rotatable bonds is 3. The highest BCUT2D eigenvalue weighted by molar-refractivity contribution is 7.22. The zero-order valence-electron chi connectivity index (χ0n) is 12.0. The Hall–Kier alpha value is -2.31. The van der Waals surface area contributed by atoms with E-state index in [0.29, 0.717) is 5.13 Å². The van der Waals surface area contributed by atoms with Crippen LogP contribution in [0.4, 0.5) is 9.93 Å². The van der Waals surface area contributed by atoms with E-state index < -0.39 is 11.7 Å². The van der Waals surface area contributed by atoms with Crippen LogP contribution in [0.2, 0.25) is 0 Å². The Morgan fingerprint density at radius 1 is 1.52 bits per heavy atom. The van der Waals surface area contributed by atoms with Crippen molar-refractivity contribution in [3.05, 3.63) is 34.2 Å². The molecule has 8 heteroatoms. The van der Waals surface area contributed by atoms with Gasteiger partial charge in [0, 0.05) is 4.91 Å². The van der Waals surface area contributed by atoms with Crippen LogP contribution >= 0.6 is 11.3 Å². The molecule has 0 radical (unpaired) electrons.